The molecule has 2 atom stereocenters. The standard InChI is InChI=1S/C25H28N2O4/c1-29-18-5-4-17(21(30-2)22(18)31-3)19-20(25(19,12-26)13-27)23(28)24-9-14-6-15(10-24)8-16(7-14)11-24/h4-5,14-16,19-20H,6-11H2,1-3H3/t14?,15?,16?,19-,20-,24?/m1/s1. The third kappa shape index (κ3) is 2.64. The van der Waals surface area contributed by atoms with Crippen molar-refractivity contribution in [2.75, 3.05) is 21.3 Å². The van der Waals surface area contributed by atoms with Gasteiger partial charge in [-0.05, 0) is 62.3 Å². The maximum Gasteiger partial charge on any atom is 0.203 e. The Morgan fingerprint density at radius 3 is 1.90 bits per heavy atom. The third-order valence-electron chi connectivity index (χ3n) is 8.49. The lowest BCUT2D eigenvalue weighted by Crippen LogP contribution is -2.50. The summed E-state index contributed by atoms with van der Waals surface area (Å²) < 4.78 is 16.5. The quantitative estimate of drug-likeness (QED) is 0.683. The van der Waals surface area contributed by atoms with Crippen LogP contribution in [-0.4, -0.2) is 27.1 Å². The molecule has 0 unspecified atom stereocenters. The van der Waals surface area contributed by atoms with E-state index in [0.29, 0.717) is 40.6 Å². The summed E-state index contributed by atoms with van der Waals surface area (Å²) >= 11 is 0. The number of hydrogen-bond acceptors (Lipinski definition) is 6. The molecule has 6 rings (SSSR count). The summed E-state index contributed by atoms with van der Waals surface area (Å²) in [5, 5.41) is 20.1. The number of methoxy groups -OCH3 is 3. The van der Waals surface area contributed by atoms with Gasteiger partial charge in [-0.25, -0.2) is 0 Å². The summed E-state index contributed by atoms with van der Waals surface area (Å²) in [6.07, 6.45) is 6.51. The minimum absolute atomic E-state index is 0.136. The van der Waals surface area contributed by atoms with Crippen molar-refractivity contribution in [3.8, 4) is 29.4 Å². The van der Waals surface area contributed by atoms with Crippen LogP contribution < -0.4 is 14.2 Å². The highest BCUT2D eigenvalue weighted by Crippen LogP contribution is 2.71. The van der Waals surface area contributed by atoms with Gasteiger partial charge < -0.3 is 14.2 Å². The van der Waals surface area contributed by atoms with Gasteiger partial charge in [-0.15, -0.1) is 0 Å². The lowest BCUT2D eigenvalue weighted by Gasteiger charge is -2.56. The van der Waals surface area contributed by atoms with Crippen LogP contribution in [0, 0.1) is 57.2 Å². The smallest absolute Gasteiger partial charge is 0.203 e. The highest BCUT2D eigenvalue weighted by Gasteiger charge is 2.74. The maximum atomic E-state index is 14.1. The second-order valence-corrected chi connectivity index (χ2v) is 10.0. The molecule has 5 aliphatic carbocycles. The average Bonchev–Trinajstić information content (AvgIpc) is 3.45. The first-order chi connectivity index (χ1) is 15.0. The summed E-state index contributed by atoms with van der Waals surface area (Å²) in [6.45, 7) is 0. The second kappa shape index (κ2) is 6.89. The van der Waals surface area contributed by atoms with Gasteiger partial charge in [-0.2, -0.15) is 10.5 Å². The van der Waals surface area contributed by atoms with Gasteiger partial charge in [-0.1, -0.05) is 6.07 Å². The number of carbonyl (C=O) groups excluding carboxylic acids is 1. The van der Waals surface area contributed by atoms with Gasteiger partial charge in [0.2, 0.25) is 5.75 Å². The first-order valence-electron chi connectivity index (χ1n) is 11.1. The molecule has 6 heteroatoms. The van der Waals surface area contributed by atoms with Crippen LogP contribution in [0.15, 0.2) is 12.1 Å². The van der Waals surface area contributed by atoms with Crippen molar-refractivity contribution in [1.29, 1.82) is 10.5 Å². The van der Waals surface area contributed by atoms with E-state index < -0.39 is 17.3 Å². The number of nitriles is 2. The van der Waals surface area contributed by atoms with E-state index in [-0.39, 0.29) is 11.2 Å². The van der Waals surface area contributed by atoms with Gasteiger partial charge >= 0.3 is 0 Å². The molecule has 0 aliphatic heterocycles. The number of rotatable bonds is 6. The van der Waals surface area contributed by atoms with Gasteiger partial charge in [0.15, 0.2) is 16.9 Å². The summed E-state index contributed by atoms with van der Waals surface area (Å²) in [4.78, 5) is 14.1. The van der Waals surface area contributed by atoms with Gasteiger partial charge in [0, 0.05) is 16.9 Å². The zero-order chi connectivity index (χ0) is 22.0. The van der Waals surface area contributed by atoms with E-state index in [9.17, 15) is 15.3 Å². The van der Waals surface area contributed by atoms with Gasteiger partial charge in [0.25, 0.3) is 0 Å². The van der Waals surface area contributed by atoms with Crippen LogP contribution in [0.2, 0.25) is 0 Å². The van der Waals surface area contributed by atoms with Gasteiger partial charge in [0.1, 0.15) is 5.78 Å². The van der Waals surface area contributed by atoms with E-state index >= 15 is 0 Å². The largest absolute Gasteiger partial charge is 0.493 e. The molecule has 4 bridgehead atoms. The van der Waals surface area contributed by atoms with E-state index in [1.165, 1.54) is 33.5 Å². The Kier molecular flexibility index (Phi) is 4.49. The number of Topliss-reactive ketones (excluding diaryl/α,β-unsaturated/α-hetero) is 1. The average molecular weight is 421 g/mol. The van der Waals surface area contributed by atoms with E-state index in [1.807, 2.05) is 0 Å². The Labute approximate surface area is 183 Å². The monoisotopic (exact) mass is 420 g/mol. The molecule has 1 aromatic rings. The van der Waals surface area contributed by atoms with Crippen molar-refractivity contribution in [3.63, 3.8) is 0 Å². The molecule has 0 N–H and O–H groups in total. The molecule has 162 valence electrons. The normalized spacial score (nSPS) is 36.2. The molecule has 0 saturated heterocycles. The molecular weight excluding hydrogens is 392 g/mol. The predicted molar refractivity (Wildman–Crippen MR) is 112 cm³/mol. The number of benzene rings is 1. The molecule has 0 aromatic heterocycles. The van der Waals surface area contributed by atoms with Crippen molar-refractivity contribution in [2.45, 2.75) is 44.4 Å². The van der Waals surface area contributed by atoms with E-state index in [2.05, 4.69) is 12.1 Å². The molecule has 0 radical (unpaired) electrons. The number of ether oxygens (including phenoxy) is 3. The van der Waals surface area contributed by atoms with Crippen LogP contribution in [0.3, 0.4) is 0 Å². The number of carbonyl (C=O) groups is 1. The lowest BCUT2D eigenvalue weighted by atomic mass is 9.48. The Hall–Kier alpha value is -2.73. The Morgan fingerprint density at radius 2 is 1.45 bits per heavy atom. The highest BCUT2D eigenvalue weighted by molar-refractivity contribution is 5.94. The molecule has 6 nitrogen and oxygen atoms in total. The topological polar surface area (TPSA) is 92.3 Å². The van der Waals surface area contributed by atoms with Crippen LogP contribution in [-0.2, 0) is 4.79 Å². The fourth-order valence-electron chi connectivity index (χ4n) is 7.59. The van der Waals surface area contributed by atoms with Crippen molar-refractivity contribution in [2.24, 2.45) is 34.5 Å². The zero-order valence-corrected chi connectivity index (χ0v) is 18.3. The lowest BCUT2D eigenvalue weighted by molar-refractivity contribution is -0.145. The van der Waals surface area contributed by atoms with Crippen molar-refractivity contribution >= 4 is 5.78 Å². The molecule has 5 aliphatic rings. The van der Waals surface area contributed by atoms with E-state index in [0.717, 1.165) is 19.3 Å². The van der Waals surface area contributed by atoms with Crippen LogP contribution in [0.1, 0.15) is 50.0 Å². The molecule has 1 aromatic carbocycles. The van der Waals surface area contributed by atoms with Gasteiger partial charge in [-0.3, -0.25) is 4.79 Å². The number of nitrogens with zero attached hydrogens (tertiary/aromatic N) is 2. The van der Waals surface area contributed by atoms with Gasteiger partial charge in [0.05, 0.1) is 39.4 Å². The first-order valence-corrected chi connectivity index (χ1v) is 11.1. The maximum absolute atomic E-state index is 14.1. The first kappa shape index (κ1) is 20.2. The minimum atomic E-state index is -1.35. The fraction of sp³-hybridized carbons (Fsp3) is 0.640. The SMILES string of the molecule is COc1ccc([C@@H]2[C@H](C(=O)C34CC5CC(CC(C5)C3)C4)C2(C#N)C#N)c(OC)c1OC. The Balaban J connectivity index is 1.56. The van der Waals surface area contributed by atoms with Crippen LogP contribution in [0.5, 0.6) is 17.2 Å². The van der Waals surface area contributed by atoms with E-state index in [4.69, 9.17) is 14.2 Å². The van der Waals surface area contributed by atoms with Crippen LogP contribution >= 0.6 is 0 Å². The van der Waals surface area contributed by atoms with Crippen LogP contribution in [0.25, 0.3) is 0 Å². The molecule has 0 spiro atoms. The Bertz CT molecular complexity index is 968. The van der Waals surface area contributed by atoms with Crippen molar-refractivity contribution < 1.29 is 19.0 Å². The zero-order valence-electron chi connectivity index (χ0n) is 18.3. The Morgan fingerprint density at radius 1 is 0.903 bits per heavy atom. The number of ketones is 1. The summed E-state index contributed by atoms with van der Waals surface area (Å²) in [5.41, 5.74) is -1.03. The minimum Gasteiger partial charge on any atom is -0.493 e. The van der Waals surface area contributed by atoms with Crippen molar-refractivity contribution in [1.82, 2.24) is 0 Å². The molecule has 0 amide bonds. The molecular formula is C25H28N2O4. The molecule has 31 heavy (non-hydrogen) atoms. The number of hydrogen-bond donors (Lipinski definition) is 0. The van der Waals surface area contributed by atoms with Crippen molar-refractivity contribution in [3.05, 3.63) is 17.7 Å². The highest BCUT2D eigenvalue weighted by atomic mass is 16.5. The second-order valence-electron chi connectivity index (χ2n) is 10.0. The summed E-state index contributed by atoms with van der Waals surface area (Å²) in [6, 6.07) is 8.00. The molecule has 5 saturated carbocycles. The third-order valence-corrected chi connectivity index (χ3v) is 8.49. The van der Waals surface area contributed by atoms with E-state index in [1.54, 1.807) is 19.2 Å². The fourth-order valence-corrected chi connectivity index (χ4v) is 7.59. The van der Waals surface area contributed by atoms with Crippen LogP contribution in [0.4, 0.5) is 0 Å². The molecule has 5 fully saturated rings. The summed E-state index contributed by atoms with van der Waals surface area (Å²) in [7, 11) is 4.60. The molecule has 0 heterocycles. The summed E-state index contributed by atoms with van der Waals surface area (Å²) in [5.74, 6) is 2.24. The predicted octanol–water partition coefficient (Wildman–Crippen LogP) is 4.24.